The van der Waals surface area contributed by atoms with E-state index in [9.17, 15) is 4.79 Å². The minimum atomic E-state index is -0.638. The van der Waals surface area contributed by atoms with Gasteiger partial charge in [0, 0.05) is 5.38 Å². The van der Waals surface area contributed by atoms with Gasteiger partial charge in [-0.05, 0) is 30.3 Å². The molecule has 1 aliphatic rings. The highest BCUT2D eigenvalue weighted by molar-refractivity contribution is 7.03. The van der Waals surface area contributed by atoms with Crippen molar-refractivity contribution in [1.29, 1.82) is 0 Å². The van der Waals surface area contributed by atoms with Gasteiger partial charge in [0.2, 0.25) is 0 Å². The summed E-state index contributed by atoms with van der Waals surface area (Å²) in [7, 11) is 0. The van der Waals surface area contributed by atoms with E-state index in [1.807, 2.05) is 0 Å². The molecule has 2 unspecified atom stereocenters. The van der Waals surface area contributed by atoms with Crippen molar-refractivity contribution in [1.82, 2.24) is 4.37 Å². The van der Waals surface area contributed by atoms with Crippen LogP contribution in [-0.2, 0) is 0 Å². The number of rotatable bonds is 2. The van der Waals surface area contributed by atoms with Gasteiger partial charge in [-0.2, -0.15) is 0 Å². The molecule has 3 nitrogen and oxygen atoms in total. The zero-order chi connectivity index (χ0) is 10.9. The molecular weight excluding hydrogens is 208 g/mol. The quantitative estimate of drug-likeness (QED) is 0.784. The van der Waals surface area contributed by atoms with Gasteiger partial charge in [0.05, 0.1) is 17.3 Å². The summed E-state index contributed by atoms with van der Waals surface area (Å²) < 4.78 is 3.95. The van der Waals surface area contributed by atoms with Crippen molar-refractivity contribution in [3.8, 4) is 0 Å². The standard InChI is InChI=1S/C11H16N2OS/c1-8-3-2-4-11(12,5-8)10(14)9-6-13-15-7-9/h6-8H,2-5,12H2,1H3. The monoisotopic (exact) mass is 224 g/mol. The van der Waals surface area contributed by atoms with Gasteiger partial charge in [-0.1, -0.05) is 19.8 Å². The van der Waals surface area contributed by atoms with E-state index in [4.69, 9.17) is 5.73 Å². The van der Waals surface area contributed by atoms with Crippen molar-refractivity contribution >= 4 is 17.3 Å². The van der Waals surface area contributed by atoms with E-state index in [1.54, 1.807) is 11.6 Å². The predicted molar refractivity (Wildman–Crippen MR) is 61.0 cm³/mol. The van der Waals surface area contributed by atoms with Gasteiger partial charge in [-0.25, -0.2) is 4.37 Å². The van der Waals surface area contributed by atoms with Gasteiger partial charge >= 0.3 is 0 Å². The molecule has 0 bridgehead atoms. The number of carbonyl (C=O) groups excluding carboxylic acids is 1. The average molecular weight is 224 g/mol. The summed E-state index contributed by atoms with van der Waals surface area (Å²) in [6, 6.07) is 0. The molecule has 1 aliphatic carbocycles. The first-order valence-corrected chi connectivity index (χ1v) is 6.18. The normalized spacial score (nSPS) is 31.5. The van der Waals surface area contributed by atoms with Crippen LogP contribution in [0.25, 0.3) is 0 Å². The number of carbonyl (C=O) groups is 1. The van der Waals surface area contributed by atoms with Gasteiger partial charge in [-0.15, -0.1) is 0 Å². The van der Waals surface area contributed by atoms with Crippen LogP contribution >= 0.6 is 11.5 Å². The molecule has 0 aromatic carbocycles. The molecule has 0 saturated heterocycles. The molecule has 1 saturated carbocycles. The van der Waals surface area contributed by atoms with Gasteiger partial charge in [0.1, 0.15) is 0 Å². The molecule has 0 aliphatic heterocycles. The second kappa shape index (κ2) is 4.02. The summed E-state index contributed by atoms with van der Waals surface area (Å²) in [4.78, 5) is 12.2. The minimum absolute atomic E-state index is 0.0720. The van der Waals surface area contributed by atoms with Crippen molar-refractivity contribution < 1.29 is 4.79 Å². The van der Waals surface area contributed by atoms with Gasteiger partial charge in [0.15, 0.2) is 5.78 Å². The van der Waals surface area contributed by atoms with Crippen LogP contribution in [0.4, 0.5) is 0 Å². The Morgan fingerprint density at radius 1 is 1.73 bits per heavy atom. The van der Waals surface area contributed by atoms with Crippen LogP contribution in [0.1, 0.15) is 43.0 Å². The Labute approximate surface area is 93.8 Å². The number of nitrogens with two attached hydrogens (primary N) is 1. The Kier molecular flexibility index (Phi) is 2.89. The second-order valence-corrected chi connectivity index (χ2v) is 5.26. The molecule has 0 spiro atoms. The molecule has 2 rings (SSSR count). The molecule has 2 N–H and O–H groups in total. The molecular formula is C11H16N2OS. The summed E-state index contributed by atoms with van der Waals surface area (Å²) in [5.74, 6) is 0.627. The van der Waals surface area contributed by atoms with Crippen molar-refractivity contribution in [2.45, 2.75) is 38.1 Å². The number of aromatic nitrogens is 1. The first kappa shape index (κ1) is 10.8. The first-order chi connectivity index (χ1) is 7.12. The Morgan fingerprint density at radius 3 is 3.13 bits per heavy atom. The minimum Gasteiger partial charge on any atom is -0.319 e. The van der Waals surface area contributed by atoms with Gasteiger partial charge < -0.3 is 5.73 Å². The Hall–Kier alpha value is -0.740. The molecule has 0 radical (unpaired) electrons. The summed E-state index contributed by atoms with van der Waals surface area (Å²) >= 11 is 1.31. The van der Waals surface area contributed by atoms with Crippen LogP contribution in [0.15, 0.2) is 11.6 Å². The zero-order valence-electron chi connectivity index (χ0n) is 8.90. The molecule has 82 valence electrons. The molecule has 1 aromatic heterocycles. The molecule has 1 aromatic rings. The van der Waals surface area contributed by atoms with Crippen LogP contribution in [0.3, 0.4) is 0 Å². The van der Waals surface area contributed by atoms with Crippen molar-refractivity contribution in [2.75, 3.05) is 0 Å². The van der Waals surface area contributed by atoms with E-state index in [0.717, 1.165) is 19.3 Å². The fraction of sp³-hybridized carbons (Fsp3) is 0.636. The van der Waals surface area contributed by atoms with Crippen LogP contribution in [0.5, 0.6) is 0 Å². The fourth-order valence-electron chi connectivity index (χ4n) is 2.40. The van der Waals surface area contributed by atoms with Gasteiger partial charge in [-0.3, -0.25) is 4.79 Å². The third-order valence-electron chi connectivity index (χ3n) is 3.18. The van der Waals surface area contributed by atoms with Crippen molar-refractivity contribution in [2.24, 2.45) is 11.7 Å². The third-order valence-corrected chi connectivity index (χ3v) is 3.77. The fourth-order valence-corrected chi connectivity index (χ4v) is 2.92. The topological polar surface area (TPSA) is 56.0 Å². The lowest BCUT2D eigenvalue weighted by molar-refractivity contribution is 0.0820. The van der Waals surface area contributed by atoms with E-state index >= 15 is 0 Å². The maximum absolute atomic E-state index is 12.2. The molecule has 4 heteroatoms. The largest absolute Gasteiger partial charge is 0.319 e. The van der Waals surface area contributed by atoms with Crippen LogP contribution in [-0.4, -0.2) is 15.7 Å². The Morgan fingerprint density at radius 2 is 2.53 bits per heavy atom. The van der Waals surface area contributed by atoms with E-state index in [2.05, 4.69) is 11.3 Å². The molecule has 2 atom stereocenters. The lowest BCUT2D eigenvalue weighted by Gasteiger charge is -2.35. The Balaban J connectivity index is 2.18. The summed E-state index contributed by atoms with van der Waals surface area (Å²) in [6.07, 6.45) is 5.49. The smallest absolute Gasteiger partial charge is 0.185 e. The van der Waals surface area contributed by atoms with E-state index in [1.165, 1.54) is 18.0 Å². The number of ketones is 1. The van der Waals surface area contributed by atoms with Crippen LogP contribution < -0.4 is 5.73 Å². The van der Waals surface area contributed by atoms with Crippen LogP contribution in [0.2, 0.25) is 0 Å². The zero-order valence-corrected chi connectivity index (χ0v) is 9.72. The highest BCUT2D eigenvalue weighted by Gasteiger charge is 2.38. The summed E-state index contributed by atoms with van der Waals surface area (Å²) in [6.45, 7) is 2.17. The third kappa shape index (κ3) is 2.11. The number of hydrogen-bond acceptors (Lipinski definition) is 4. The maximum Gasteiger partial charge on any atom is 0.185 e. The lowest BCUT2D eigenvalue weighted by atomic mass is 9.73. The van der Waals surface area contributed by atoms with E-state index < -0.39 is 5.54 Å². The van der Waals surface area contributed by atoms with Crippen LogP contribution in [0, 0.1) is 5.92 Å². The summed E-state index contributed by atoms with van der Waals surface area (Å²) in [5.41, 5.74) is 6.25. The lowest BCUT2D eigenvalue weighted by Crippen LogP contribution is -2.50. The van der Waals surface area contributed by atoms with Crippen molar-refractivity contribution in [3.05, 3.63) is 17.1 Å². The summed E-state index contributed by atoms with van der Waals surface area (Å²) in [5, 5.41) is 1.79. The SMILES string of the molecule is CC1CCCC(N)(C(=O)c2cnsc2)C1. The number of Topliss-reactive ketones (excluding diaryl/α,β-unsaturated/α-hetero) is 1. The average Bonchev–Trinajstić information content (AvgIpc) is 2.68. The highest BCUT2D eigenvalue weighted by atomic mass is 32.1. The molecule has 15 heavy (non-hydrogen) atoms. The number of nitrogens with zero attached hydrogens (tertiary/aromatic N) is 1. The van der Waals surface area contributed by atoms with Gasteiger partial charge in [0.25, 0.3) is 0 Å². The molecule has 0 amide bonds. The second-order valence-electron chi connectivity index (χ2n) is 4.60. The maximum atomic E-state index is 12.2. The van der Waals surface area contributed by atoms with E-state index in [-0.39, 0.29) is 5.78 Å². The Bertz CT molecular complexity index is 349. The van der Waals surface area contributed by atoms with E-state index in [0.29, 0.717) is 11.5 Å². The van der Waals surface area contributed by atoms with Crippen molar-refractivity contribution in [3.63, 3.8) is 0 Å². The number of hydrogen-bond donors (Lipinski definition) is 1. The first-order valence-electron chi connectivity index (χ1n) is 5.35. The predicted octanol–water partition coefficient (Wildman–Crippen LogP) is 2.23. The molecule has 1 fully saturated rings. The molecule has 1 heterocycles. The highest BCUT2D eigenvalue weighted by Crippen LogP contribution is 2.32.